The molecule has 0 bridgehead atoms. The van der Waals surface area contributed by atoms with Gasteiger partial charge in [0.2, 0.25) is 5.91 Å². The average Bonchev–Trinajstić information content (AvgIpc) is 3.10. The minimum absolute atomic E-state index is 0.109. The van der Waals surface area contributed by atoms with Crippen molar-refractivity contribution in [2.75, 3.05) is 53.1 Å². The molecule has 7 heteroatoms. The van der Waals surface area contributed by atoms with Crippen LogP contribution in [0.4, 0.5) is 0 Å². The quantitative estimate of drug-likeness (QED) is 0.741. The lowest BCUT2D eigenvalue weighted by Crippen LogP contribution is -2.49. The molecule has 7 nitrogen and oxygen atoms in total. The van der Waals surface area contributed by atoms with Crippen LogP contribution >= 0.6 is 0 Å². The van der Waals surface area contributed by atoms with Gasteiger partial charge in [-0.2, -0.15) is 0 Å². The summed E-state index contributed by atoms with van der Waals surface area (Å²) in [6.07, 6.45) is 1.50. The van der Waals surface area contributed by atoms with Gasteiger partial charge < -0.3 is 29.2 Å². The summed E-state index contributed by atoms with van der Waals surface area (Å²) in [5, 5.41) is 3.13. The normalized spacial score (nSPS) is 19.2. The maximum absolute atomic E-state index is 12.2. The molecule has 0 radical (unpaired) electrons. The highest BCUT2D eigenvalue weighted by molar-refractivity contribution is 5.78. The van der Waals surface area contributed by atoms with Crippen molar-refractivity contribution in [3.8, 4) is 11.5 Å². The van der Waals surface area contributed by atoms with E-state index in [0.29, 0.717) is 46.0 Å². The summed E-state index contributed by atoms with van der Waals surface area (Å²) in [4.78, 5) is 14.1. The molecular weight excluding hydrogens is 324 g/mol. The van der Waals surface area contributed by atoms with E-state index >= 15 is 0 Å². The van der Waals surface area contributed by atoms with Crippen molar-refractivity contribution in [1.82, 2.24) is 10.2 Å². The third-order valence-electron chi connectivity index (χ3n) is 4.57. The van der Waals surface area contributed by atoms with Crippen LogP contribution in [0.25, 0.3) is 0 Å². The molecule has 0 atom stereocenters. The molecule has 0 aliphatic carbocycles. The number of carbonyl (C=O) groups is 1. The highest BCUT2D eigenvalue weighted by Gasteiger charge is 2.40. The minimum atomic E-state index is -0.434. The molecule has 0 unspecified atom stereocenters. The van der Waals surface area contributed by atoms with Crippen LogP contribution in [-0.2, 0) is 14.3 Å². The van der Waals surface area contributed by atoms with Crippen molar-refractivity contribution in [1.29, 1.82) is 0 Å². The van der Waals surface area contributed by atoms with Gasteiger partial charge in [-0.3, -0.25) is 4.79 Å². The van der Waals surface area contributed by atoms with Crippen LogP contribution in [0.2, 0.25) is 0 Å². The molecule has 0 saturated carbocycles. The van der Waals surface area contributed by atoms with Crippen molar-refractivity contribution in [3.05, 3.63) is 24.3 Å². The van der Waals surface area contributed by atoms with Gasteiger partial charge in [0.1, 0.15) is 18.1 Å². The smallest absolute Gasteiger partial charge is 0.236 e. The summed E-state index contributed by atoms with van der Waals surface area (Å²) >= 11 is 0. The van der Waals surface area contributed by atoms with E-state index in [1.807, 2.05) is 29.2 Å². The maximum atomic E-state index is 12.2. The van der Waals surface area contributed by atoms with Gasteiger partial charge in [-0.25, -0.2) is 0 Å². The molecule has 2 heterocycles. The Bertz CT molecular complexity index is 547. The number of rotatable bonds is 7. The lowest BCUT2D eigenvalue weighted by atomic mass is 10.0. The summed E-state index contributed by atoms with van der Waals surface area (Å²) in [5.41, 5.74) is 0. The van der Waals surface area contributed by atoms with E-state index in [0.717, 1.165) is 24.3 Å². The Balaban J connectivity index is 1.29. The van der Waals surface area contributed by atoms with Gasteiger partial charge in [0.05, 0.1) is 26.9 Å². The molecule has 2 saturated heterocycles. The second-order valence-corrected chi connectivity index (χ2v) is 6.19. The lowest BCUT2D eigenvalue weighted by molar-refractivity contribution is -0.187. The highest BCUT2D eigenvalue weighted by Crippen LogP contribution is 2.31. The molecule has 0 aromatic heterocycles. The first-order valence-corrected chi connectivity index (χ1v) is 8.74. The first kappa shape index (κ1) is 18.0. The van der Waals surface area contributed by atoms with Crippen molar-refractivity contribution in [2.24, 2.45) is 0 Å². The fraction of sp³-hybridized carbons (Fsp3) is 0.611. The predicted molar refractivity (Wildman–Crippen MR) is 91.8 cm³/mol. The molecule has 25 heavy (non-hydrogen) atoms. The SMILES string of the molecule is COc1ccc(OCCNCC(=O)N2CCC3(CC2)OCCO3)cc1. The molecular formula is C18H26N2O5. The molecule has 1 N–H and O–H groups in total. The fourth-order valence-electron chi connectivity index (χ4n) is 3.10. The fourth-order valence-corrected chi connectivity index (χ4v) is 3.10. The van der Waals surface area contributed by atoms with Gasteiger partial charge in [-0.05, 0) is 24.3 Å². The molecule has 2 aliphatic rings. The number of hydrogen-bond donors (Lipinski definition) is 1. The van der Waals surface area contributed by atoms with Crippen LogP contribution in [0, 0.1) is 0 Å². The zero-order valence-corrected chi connectivity index (χ0v) is 14.7. The predicted octanol–water partition coefficient (Wildman–Crippen LogP) is 1.03. The van der Waals surface area contributed by atoms with Crippen molar-refractivity contribution < 1.29 is 23.7 Å². The van der Waals surface area contributed by atoms with Gasteiger partial charge in [-0.1, -0.05) is 0 Å². The lowest BCUT2D eigenvalue weighted by Gasteiger charge is -2.37. The van der Waals surface area contributed by atoms with Crippen molar-refractivity contribution in [2.45, 2.75) is 18.6 Å². The Morgan fingerprint density at radius 3 is 2.44 bits per heavy atom. The Kier molecular flexibility index (Phi) is 6.12. The van der Waals surface area contributed by atoms with Gasteiger partial charge >= 0.3 is 0 Å². The van der Waals surface area contributed by atoms with E-state index in [2.05, 4.69) is 5.32 Å². The maximum Gasteiger partial charge on any atom is 0.236 e. The highest BCUT2D eigenvalue weighted by atomic mass is 16.7. The molecule has 1 aromatic carbocycles. The largest absolute Gasteiger partial charge is 0.497 e. The van der Waals surface area contributed by atoms with E-state index in [9.17, 15) is 4.79 Å². The number of carbonyl (C=O) groups excluding carboxylic acids is 1. The Labute approximate surface area is 148 Å². The molecule has 1 spiro atoms. The van der Waals surface area contributed by atoms with Crippen LogP contribution in [-0.4, -0.2) is 69.7 Å². The van der Waals surface area contributed by atoms with E-state index in [1.54, 1.807) is 7.11 Å². The van der Waals surface area contributed by atoms with Crippen molar-refractivity contribution in [3.63, 3.8) is 0 Å². The number of nitrogens with one attached hydrogen (secondary N) is 1. The summed E-state index contributed by atoms with van der Waals surface area (Å²) in [6, 6.07) is 7.43. The molecule has 1 amide bonds. The topological polar surface area (TPSA) is 69.3 Å². The zero-order chi connectivity index (χ0) is 17.5. The van der Waals surface area contributed by atoms with E-state index < -0.39 is 5.79 Å². The second kappa shape index (κ2) is 8.51. The van der Waals surface area contributed by atoms with Crippen LogP contribution in [0.3, 0.4) is 0 Å². The zero-order valence-electron chi connectivity index (χ0n) is 14.7. The molecule has 2 aliphatic heterocycles. The number of methoxy groups -OCH3 is 1. The van der Waals surface area contributed by atoms with Crippen LogP contribution in [0.1, 0.15) is 12.8 Å². The number of ether oxygens (including phenoxy) is 4. The Morgan fingerprint density at radius 1 is 1.16 bits per heavy atom. The summed E-state index contributed by atoms with van der Waals surface area (Å²) in [7, 11) is 1.63. The number of likely N-dealkylation sites (tertiary alicyclic amines) is 1. The monoisotopic (exact) mass is 350 g/mol. The third kappa shape index (κ3) is 4.84. The Hall–Kier alpha value is -1.83. The van der Waals surface area contributed by atoms with Gasteiger partial charge in [-0.15, -0.1) is 0 Å². The molecule has 1 aromatic rings. The third-order valence-corrected chi connectivity index (χ3v) is 4.57. The summed E-state index contributed by atoms with van der Waals surface area (Å²) < 4.78 is 22.1. The standard InChI is InChI=1S/C18H26N2O5/c1-22-15-2-4-16(5-3-15)23-11-8-19-14-17(21)20-9-6-18(7-10-20)24-12-13-25-18/h2-5,19H,6-14H2,1H3. The van der Waals surface area contributed by atoms with Crippen LogP contribution < -0.4 is 14.8 Å². The van der Waals surface area contributed by atoms with E-state index in [4.69, 9.17) is 18.9 Å². The van der Waals surface area contributed by atoms with Crippen LogP contribution in [0.5, 0.6) is 11.5 Å². The Morgan fingerprint density at radius 2 is 1.80 bits per heavy atom. The number of amides is 1. The van der Waals surface area contributed by atoms with E-state index in [1.165, 1.54) is 0 Å². The van der Waals surface area contributed by atoms with E-state index in [-0.39, 0.29) is 5.91 Å². The number of benzene rings is 1. The van der Waals surface area contributed by atoms with Gasteiger partial charge in [0.25, 0.3) is 0 Å². The average molecular weight is 350 g/mol. The minimum Gasteiger partial charge on any atom is -0.497 e. The first-order valence-electron chi connectivity index (χ1n) is 8.74. The molecule has 2 fully saturated rings. The second-order valence-electron chi connectivity index (χ2n) is 6.19. The summed E-state index contributed by atoms with van der Waals surface area (Å²) in [5.74, 6) is 1.26. The van der Waals surface area contributed by atoms with Gasteiger partial charge in [0, 0.05) is 32.5 Å². The van der Waals surface area contributed by atoms with Gasteiger partial charge in [0.15, 0.2) is 5.79 Å². The number of nitrogens with zero attached hydrogens (tertiary/aromatic N) is 1. The summed E-state index contributed by atoms with van der Waals surface area (Å²) in [6.45, 7) is 4.12. The van der Waals surface area contributed by atoms with Crippen LogP contribution in [0.15, 0.2) is 24.3 Å². The first-order chi connectivity index (χ1) is 12.2. The number of hydrogen-bond acceptors (Lipinski definition) is 6. The molecule has 3 rings (SSSR count). The molecule has 138 valence electrons. The number of piperidine rings is 1. The van der Waals surface area contributed by atoms with Crippen molar-refractivity contribution >= 4 is 5.91 Å².